The van der Waals surface area contributed by atoms with E-state index in [0.29, 0.717) is 5.92 Å². The molecule has 0 aliphatic carbocycles. The van der Waals surface area contributed by atoms with Crippen molar-refractivity contribution in [3.63, 3.8) is 0 Å². The minimum absolute atomic E-state index is 0.0268. The molecule has 1 amide bonds. The Morgan fingerprint density at radius 3 is 2.78 bits per heavy atom. The van der Waals surface area contributed by atoms with Gasteiger partial charge in [-0.05, 0) is 44.3 Å². The Morgan fingerprint density at radius 1 is 1.22 bits per heavy atom. The van der Waals surface area contributed by atoms with Gasteiger partial charge in [-0.1, -0.05) is 30.3 Å². The number of piperidine rings is 1. The molecule has 27 heavy (non-hydrogen) atoms. The van der Waals surface area contributed by atoms with Gasteiger partial charge in [0.25, 0.3) is 0 Å². The summed E-state index contributed by atoms with van der Waals surface area (Å²) >= 11 is 0. The summed E-state index contributed by atoms with van der Waals surface area (Å²) in [7, 11) is 1.86. The number of rotatable bonds is 6. The van der Waals surface area contributed by atoms with Crippen LogP contribution >= 0.6 is 0 Å². The average molecular weight is 372 g/mol. The van der Waals surface area contributed by atoms with Crippen molar-refractivity contribution in [1.82, 2.24) is 15.1 Å². The molecule has 0 bridgehead atoms. The first-order valence-electron chi connectivity index (χ1n) is 10.2. The standard InChI is InChI=1S/C21H33N5O/c1-23-21(26-14-10-18(16-26)17-7-3-2-4-8-17)24-11-6-13-25-12-5-9-19(15-25)20(22)27/h2-4,7-8,18-19H,5-6,9-16H2,1H3,(H2,22,27)(H,23,24). The first-order valence-corrected chi connectivity index (χ1v) is 10.2. The van der Waals surface area contributed by atoms with E-state index in [2.05, 4.69) is 50.4 Å². The Labute approximate surface area is 162 Å². The molecule has 2 unspecified atom stereocenters. The van der Waals surface area contributed by atoms with Gasteiger partial charge in [0.05, 0.1) is 5.92 Å². The molecule has 1 aromatic carbocycles. The molecule has 0 spiro atoms. The summed E-state index contributed by atoms with van der Waals surface area (Å²) in [6.45, 7) is 5.86. The smallest absolute Gasteiger partial charge is 0.221 e. The van der Waals surface area contributed by atoms with Gasteiger partial charge in [0.1, 0.15) is 0 Å². The van der Waals surface area contributed by atoms with E-state index in [-0.39, 0.29) is 11.8 Å². The molecule has 148 valence electrons. The number of carbonyl (C=O) groups excluding carboxylic acids is 1. The minimum atomic E-state index is -0.153. The van der Waals surface area contributed by atoms with Crippen LogP contribution in [-0.4, -0.2) is 68.0 Å². The number of likely N-dealkylation sites (tertiary alicyclic amines) is 2. The maximum Gasteiger partial charge on any atom is 0.221 e. The summed E-state index contributed by atoms with van der Waals surface area (Å²) in [6, 6.07) is 10.8. The molecule has 0 aromatic heterocycles. The highest BCUT2D eigenvalue weighted by molar-refractivity contribution is 5.80. The first kappa shape index (κ1) is 19.7. The lowest BCUT2D eigenvalue weighted by Gasteiger charge is -2.31. The molecule has 2 fully saturated rings. The van der Waals surface area contributed by atoms with Crippen LogP contribution in [0.5, 0.6) is 0 Å². The Bertz CT molecular complexity index is 633. The van der Waals surface area contributed by atoms with E-state index in [1.54, 1.807) is 0 Å². The maximum atomic E-state index is 11.4. The second-order valence-electron chi connectivity index (χ2n) is 7.71. The highest BCUT2D eigenvalue weighted by atomic mass is 16.1. The van der Waals surface area contributed by atoms with E-state index in [1.807, 2.05) is 7.05 Å². The van der Waals surface area contributed by atoms with Gasteiger partial charge in [-0.3, -0.25) is 9.79 Å². The molecule has 3 N–H and O–H groups in total. The number of nitrogens with two attached hydrogens (primary N) is 1. The number of nitrogens with zero attached hydrogens (tertiary/aromatic N) is 3. The van der Waals surface area contributed by atoms with Crippen molar-refractivity contribution in [2.24, 2.45) is 16.6 Å². The van der Waals surface area contributed by atoms with E-state index in [4.69, 9.17) is 5.73 Å². The zero-order valence-electron chi connectivity index (χ0n) is 16.4. The molecule has 1 aromatic rings. The molecule has 3 rings (SSSR count). The molecule has 2 saturated heterocycles. The van der Waals surface area contributed by atoms with Gasteiger partial charge in [-0.2, -0.15) is 0 Å². The van der Waals surface area contributed by atoms with Crippen LogP contribution in [0.15, 0.2) is 35.3 Å². The number of nitrogens with one attached hydrogen (secondary N) is 1. The molecule has 0 radical (unpaired) electrons. The van der Waals surface area contributed by atoms with Crippen molar-refractivity contribution in [2.75, 3.05) is 46.3 Å². The maximum absolute atomic E-state index is 11.4. The summed E-state index contributed by atoms with van der Waals surface area (Å²) in [6.07, 6.45) is 4.22. The summed E-state index contributed by atoms with van der Waals surface area (Å²) in [4.78, 5) is 20.6. The monoisotopic (exact) mass is 371 g/mol. The number of guanidine groups is 1. The zero-order valence-corrected chi connectivity index (χ0v) is 16.4. The van der Waals surface area contributed by atoms with Gasteiger partial charge >= 0.3 is 0 Å². The van der Waals surface area contributed by atoms with Crippen LogP contribution in [0.3, 0.4) is 0 Å². The summed E-state index contributed by atoms with van der Waals surface area (Å²) < 4.78 is 0. The van der Waals surface area contributed by atoms with Crippen LogP contribution < -0.4 is 11.1 Å². The second-order valence-corrected chi connectivity index (χ2v) is 7.71. The fourth-order valence-corrected chi connectivity index (χ4v) is 4.28. The van der Waals surface area contributed by atoms with Crippen molar-refractivity contribution in [3.05, 3.63) is 35.9 Å². The third kappa shape index (κ3) is 5.45. The molecular formula is C21H33N5O. The topological polar surface area (TPSA) is 74.0 Å². The quantitative estimate of drug-likeness (QED) is 0.453. The number of aliphatic imine (C=N–C) groups is 1. The van der Waals surface area contributed by atoms with Crippen LogP contribution in [0.4, 0.5) is 0 Å². The van der Waals surface area contributed by atoms with Crippen LogP contribution in [0, 0.1) is 5.92 Å². The van der Waals surface area contributed by atoms with E-state index in [0.717, 1.165) is 64.5 Å². The normalized spacial score (nSPS) is 24.2. The van der Waals surface area contributed by atoms with Gasteiger partial charge in [-0.15, -0.1) is 0 Å². The lowest BCUT2D eigenvalue weighted by atomic mass is 9.97. The Morgan fingerprint density at radius 2 is 2.04 bits per heavy atom. The summed E-state index contributed by atoms with van der Waals surface area (Å²) in [5, 5.41) is 3.51. The van der Waals surface area contributed by atoms with Crippen LogP contribution in [0.1, 0.15) is 37.2 Å². The Kier molecular flexibility index (Phi) is 7.10. The SMILES string of the molecule is CN=C(NCCCN1CCCC(C(N)=O)C1)N1CCC(c2ccccc2)C1. The molecular weight excluding hydrogens is 338 g/mol. The van der Waals surface area contributed by atoms with Crippen molar-refractivity contribution in [1.29, 1.82) is 0 Å². The predicted octanol–water partition coefficient (Wildman–Crippen LogP) is 1.64. The molecule has 2 aliphatic heterocycles. The summed E-state index contributed by atoms with van der Waals surface area (Å²) in [5.74, 6) is 1.46. The number of carbonyl (C=O) groups is 1. The predicted molar refractivity (Wildman–Crippen MR) is 110 cm³/mol. The average Bonchev–Trinajstić information content (AvgIpc) is 3.19. The molecule has 6 nitrogen and oxygen atoms in total. The molecule has 0 saturated carbocycles. The van der Waals surface area contributed by atoms with Crippen LogP contribution in [-0.2, 0) is 4.79 Å². The third-order valence-electron chi connectivity index (χ3n) is 5.81. The molecule has 2 aliphatic rings. The van der Waals surface area contributed by atoms with Crippen LogP contribution in [0.25, 0.3) is 0 Å². The largest absolute Gasteiger partial charge is 0.369 e. The van der Waals surface area contributed by atoms with E-state index < -0.39 is 0 Å². The van der Waals surface area contributed by atoms with Crippen molar-refractivity contribution in [2.45, 2.75) is 31.6 Å². The van der Waals surface area contributed by atoms with Gasteiger partial charge in [0.15, 0.2) is 5.96 Å². The first-order chi connectivity index (χ1) is 13.2. The lowest BCUT2D eigenvalue weighted by Crippen LogP contribution is -2.43. The highest BCUT2D eigenvalue weighted by Crippen LogP contribution is 2.26. The lowest BCUT2D eigenvalue weighted by molar-refractivity contribution is -0.123. The fraction of sp³-hybridized carbons (Fsp3) is 0.619. The molecule has 6 heteroatoms. The molecule has 2 atom stereocenters. The minimum Gasteiger partial charge on any atom is -0.369 e. The van der Waals surface area contributed by atoms with E-state index in [9.17, 15) is 4.79 Å². The molecule has 2 heterocycles. The number of benzene rings is 1. The Balaban J connectivity index is 1.39. The Hall–Kier alpha value is -2.08. The van der Waals surface area contributed by atoms with Gasteiger partial charge in [-0.25, -0.2) is 0 Å². The number of hydrogen-bond donors (Lipinski definition) is 2. The van der Waals surface area contributed by atoms with Gasteiger partial charge in [0, 0.05) is 39.1 Å². The number of amides is 1. The zero-order chi connectivity index (χ0) is 19.1. The van der Waals surface area contributed by atoms with Crippen LogP contribution in [0.2, 0.25) is 0 Å². The van der Waals surface area contributed by atoms with Gasteiger partial charge < -0.3 is 20.9 Å². The number of primary amides is 1. The van der Waals surface area contributed by atoms with E-state index >= 15 is 0 Å². The van der Waals surface area contributed by atoms with E-state index in [1.165, 1.54) is 12.0 Å². The third-order valence-corrected chi connectivity index (χ3v) is 5.81. The second kappa shape index (κ2) is 9.74. The number of hydrogen-bond acceptors (Lipinski definition) is 3. The van der Waals surface area contributed by atoms with Gasteiger partial charge in [0.2, 0.25) is 5.91 Å². The fourth-order valence-electron chi connectivity index (χ4n) is 4.28. The van der Waals surface area contributed by atoms with Crippen molar-refractivity contribution in [3.8, 4) is 0 Å². The highest BCUT2D eigenvalue weighted by Gasteiger charge is 2.26. The van der Waals surface area contributed by atoms with Crippen molar-refractivity contribution >= 4 is 11.9 Å². The van der Waals surface area contributed by atoms with Crippen molar-refractivity contribution < 1.29 is 4.79 Å². The summed E-state index contributed by atoms with van der Waals surface area (Å²) in [5.41, 5.74) is 6.89.